The highest BCUT2D eigenvalue weighted by molar-refractivity contribution is 7.80. The number of carbonyl (C=O) groups excluding carboxylic acids is 1. The molecule has 0 spiro atoms. The summed E-state index contributed by atoms with van der Waals surface area (Å²) < 4.78 is 5.38. The third-order valence-corrected chi connectivity index (χ3v) is 4.57. The van der Waals surface area contributed by atoms with E-state index < -0.39 is 0 Å². The topological polar surface area (TPSA) is 29.5 Å². The van der Waals surface area contributed by atoms with Crippen LogP contribution in [0.25, 0.3) is 0 Å². The molecule has 1 saturated heterocycles. The van der Waals surface area contributed by atoms with Crippen LogP contribution in [-0.4, -0.2) is 28.6 Å². The molecule has 2 atom stereocenters. The smallest absolute Gasteiger partial charge is 0.266 e. The highest BCUT2D eigenvalue weighted by Crippen LogP contribution is 2.28. The summed E-state index contributed by atoms with van der Waals surface area (Å²) in [4.78, 5) is 14.2. The van der Waals surface area contributed by atoms with Gasteiger partial charge >= 0.3 is 0 Å². The summed E-state index contributed by atoms with van der Waals surface area (Å²) in [5.41, 5.74) is 2.24. The van der Waals surface area contributed by atoms with Crippen LogP contribution in [0.5, 0.6) is 0 Å². The molecule has 1 aliphatic rings. The van der Waals surface area contributed by atoms with Crippen molar-refractivity contribution < 1.29 is 9.53 Å². The quantitative estimate of drug-likeness (QED) is 0.679. The largest absolute Gasteiger partial charge is 0.468 e. The van der Waals surface area contributed by atoms with Crippen molar-refractivity contribution in [1.29, 1.82) is 0 Å². The second-order valence-electron chi connectivity index (χ2n) is 5.78. The number of benzene rings is 1. The first-order valence-corrected chi connectivity index (χ1v) is 8.06. The summed E-state index contributed by atoms with van der Waals surface area (Å²) in [6.45, 7) is 6.67. The molecule has 2 rings (SSSR count). The van der Waals surface area contributed by atoms with E-state index in [9.17, 15) is 4.79 Å². The predicted octanol–water partition coefficient (Wildman–Crippen LogP) is 3.52. The number of hydrogen-bond donors (Lipinski definition) is 1. The fraction of sp³-hybridized carbons (Fsp3) is 0.500. The maximum atomic E-state index is 12.5. The Morgan fingerprint density at radius 2 is 2.05 bits per heavy atom. The van der Waals surface area contributed by atoms with E-state index in [4.69, 9.17) is 17.0 Å². The van der Waals surface area contributed by atoms with Crippen molar-refractivity contribution in [3.05, 3.63) is 35.4 Å². The van der Waals surface area contributed by atoms with Crippen LogP contribution in [0.2, 0.25) is 0 Å². The average Bonchev–Trinajstić information content (AvgIpc) is 2.81. The van der Waals surface area contributed by atoms with Crippen LogP contribution in [-0.2, 0) is 9.53 Å². The Labute approximate surface area is 137 Å². The lowest BCUT2D eigenvalue weighted by atomic mass is 10.0. The maximum Gasteiger partial charge on any atom is 0.266 e. The van der Waals surface area contributed by atoms with Gasteiger partial charge in [-0.15, -0.1) is 0 Å². The van der Waals surface area contributed by atoms with Crippen molar-refractivity contribution in [2.75, 3.05) is 6.61 Å². The average molecular weight is 323 g/mol. The Kier molecular flexibility index (Phi) is 5.27. The van der Waals surface area contributed by atoms with Crippen LogP contribution < -0.4 is 0 Å². The Hall–Kier alpha value is -1.07. The molecular weight excluding hydrogens is 302 g/mol. The van der Waals surface area contributed by atoms with Crippen LogP contribution in [0.15, 0.2) is 24.3 Å². The fourth-order valence-electron chi connectivity index (χ4n) is 2.38. The van der Waals surface area contributed by atoms with Crippen LogP contribution in [0.1, 0.15) is 36.6 Å². The summed E-state index contributed by atoms with van der Waals surface area (Å²) in [6.07, 6.45) is 0.318. The van der Waals surface area contributed by atoms with Gasteiger partial charge in [0.2, 0.25) is 5.91 Å². The van der Waals surface area contributed by atoms with E-state index in [0.29, 0.717) is 24.1 Å². The molecule has 0 N–H and O–H groups in total. The molecule has 1 aromatic rings. The van der Waals surface area contributed by atoms with Gasteiger partial charge in [-0.1, -0.05) is 43.7 Å². The molecule has 21 heavy (non-hydrogen) atoms. The molecule has 0 aliphatic carbocycles. The molecular formula is C16H21NO2S2. The first-order chi connectivity index (χ1) is 9.90. The van der Waals surface area contributed by atoms with Crippen LogP contribution in [0, 0.1) is 12.8 Å². The molecule has 0 aromatic heterocycles. The molecule has 0 unspecified atom stereocenters. The number of ether oxygens (including phenoxy) is 1. The minimum Gasteiger partial charge on any atom is -0.468 e. The van der Waals surface area contributed by atoms with Gasteiger partial charge < -0.3 is 4.74 Å². The van der Waals surface area contributed by atoms with Crippen LogP contribution in [0.4, 0.5) is 0 Å². The van der Waals surface area contributed by atoms with Crippen LogP contribution in [0.3, 0.4) is 0 Å². The molecule has 3 nitrogen and oxygen atoms in total. The van der Waals surface area contributed by atoms with Crippen molar-refractivity contribution in [3.8, 4) is 0 Å². The van der Waals surface area contributed by atoms with Gasteiger partial charge in [0.15, 0.2) is 0 Å². The SMILES string of the molecule is Cc1ccc([C@@H](S)CC(=O)N2C(=S)OC[C@@H]2C(C)C)cc1. The first kappa shape index (κ1) is 16.3. The van der Waals surface area contributed by atoms with Crippen molar-refractivity contribution in [1.82, 2.24) is 4.90 Å². The Morgan fingerprint density at radius 3 is 2.62 bits per heavy atom. The van der Waals surface area contributed by atoms with E-state index in [1.54, 1.807) is 4.90 Å². The second kappa shape index (κ2) is 6.79. The lowest BCUT2D eigenvalue weighted by Crippen LogP contribution is -2.41. The molecule has 1 aliphatic heterocycles. The second-order valence-corrected chi connectivity index (χ2v) is 6.76. The number of aryl methyl sites for hydroxylation is 1. The summed E-state index contributed by atoms with van der Waals surface area (Å²) in [6, 6.07) is 8.12. The van der Waals surface area contributed by atoms with Crippen molar-refractivity contribution in [2.45, 2.75) is 38.5 Å². The van der Waals surface area contributed by atoms with E-state index in [1.165, 1.54) is 5.56 Å². The van der Waals surface area contributed by atoms with Gasteiger partial charge in [-0.05, 0) is 30.6 Å². The van der Waals surface area contributed by atoms with Gasteiger partial charge in [0.1, 0.15) is 6.61 Å². The zero-order valence-corrected chi connectivity index (χ0v) is 14.3. The first-order valence-electron chi connectivity index (χ1n) is 7.13. The third kappa shape index (κ3) is 3.77. The van der Waals surface area contributed by atoms with Gasteiger partial charge in [-0.3, -0.25) is 9.69 Å². The minimum absolute atomic E-state index is 0.0169. The molecule has 0 bridgehead atoms. The minimum atomic E-state index is -0.130. The lowest BCUT2D eigenvalue weighted by molar-refractivity contribution is -0.128. The van der Waals surface area contributed by atoms with Gasteiger partial charge in [0, 0.05) is 11.7 Å². The standard InChI is InChI=1S/C16H21NO2S2/c1-10(2)13-9-19-16(21)17(13)15(18)8-14(20)12-6-4-11(3)5-7-12/h4-7,10,13-14,20H,8-9H2,1-3H3/t13-,14+/m1/s1. The molecule has 1 heterocycles. The van der Waals surface area contributed by atoms with Crippen molar-refractivity contribution in [2.24, 2.45) is 5.92 Å². The van der Waals surface area contributed by atoms with E-state index in [0.717, 1.165) is 5.56 Å². The maximum absolute atomic E-state index is 12.5. The monoisotopic (exact) mass is 323 g/mol. The summed E-state index contributed by atoms with van der Waals surface area (Å²) >= 11 is 9.72. The van der Waals surface area contributed by atoms with E-state index in [2.05, 4.69) is 26.5 Å². The number of hydrogen-bond acceptors (Lipinski definition) is 4. The zero-order chi connectivity index (χ0) is 15.6. The number of carbonyl (C=O) groups is 1. The van der Waals surface area contributed by atoms with E-state index in [1.807, 2.05) is 31.2 Å². The van der Waals surface area contributed by atoms with Gasteiger partial charge in [-0.2, -0.15) is 12.6 Å². The molecule has 1 aromatic carbocycles. The number of nitrogens with zero attached hydrogens (tertiary/aromatic N) is 1. The number of amides is 1. The van der Waals surface area contributed by atoms with Crippen molar-refractivity contribution >= 4 is 35.9 Å². The normalized spacial score (nSPS) is 19.8. The molecule has 114 valence electrons. The predicted molar refractivity (Wildman–Crippen MR) is 91.5 cm³/mol. The van der Waals surface area contributed by atoms with E-state index >= 15 is 0 Å². The van der Waals surface area contributed by atoms with Crippen LogP contribution >= 0.6 is 24.8 Å². The highest BCUT2D eigenvalue weighted by Gasteiger charge is 2.37. The van der Waals surface area contributed by atoms with Gasteiger partial charge in [0.05, 0.1) is 6.04 Å². The summed E-state index contributed by atoms with van der Waals surface area (Å²) in [7, 11) is 0. The molecule has 5 heteroatoms. The molecule has 0 radical (unpaired) electrons. The zero-order valence-electron chi connectivity index (χ0n) is 12.6. The van der Waals surface area contributed by atoms with E-state index in [-0.39, 0.29) is 17.2 Å². The summed E-state index contributed by atoms with van der Waals surface area (Å²) in [5.74, 6) is 0.295. The Balaban J connectivity index is 2.06. The molecule has 1 amide bonds. The number of rotatable bonds is 4. The third-order valence-electron chi connectivity index (χ3n) is 3.77. The number of thiocarbonyl (C=S) groups is 1. The summed E-state index contributed by atoms with van der Waals surface area (Å²) in [5, 5.41) is 0.164. The fourth-order valence-corrected chi connectivity index (χ4v) is 3.02. The highest BCUT2D eigenvalue weighted by atomic mass is 32.1. The van der Waals surface area contributed by atoms with Crippen molar-refractivity contribution in [3.63, 3.8) is 0 Å². The Morgan fingerprint density at radius 1 is 1.43 bits per heavy atom. The Bertz CT molecular complexity index is 528. The molecule has 0 saturated carbocycles. The lowest BCUT2D eigenvalue weighted by Gasteiger charge is -2.25. The number of thiol groups is 1. The van der Waals surface area contributed by atoms with Gasteiger partial charge in [0.25, 0.3) is 5.17 Å². The molecule has 1 fully saturated rings. The van der Waals surface area contributed by atoms with Gasteiger partial charge in [-0.25, -0.2) is 0 Å².